The Bertz CT molecular complexity index is 656. The lowest BCUT2D eigenvalue weighted by atomic mass is 10.2. The van der Waals surface area contributed by atoms with Crippen LogP contribution in [0.25, 0.3) is 0 Å². The van der Waals surface area contributed by atoms with Gasteiger partial charge in [0.15, 0.2) is 0 Å². The molecule has 6 nitrogen and oxygen atoms in total. The van der Waals surface area contributed by atoms with Gasteiger partial charge in [-0.05, 0) is 25.0 Å². The van der Waals surface area contributed by atoms with E-state index in [2.05, 4.69) is 20.6 Å². The molecule has 21 heavy (non-hydrogen) atoms. The SMILES string of the molecule is COC(=O)c1ccccc1Nc1cc(NC2CC2)ncn1. The Hall–Kier alpha value is -2.63. The molecule has 0 atom stereocenters. The van der Waals surface area contributed by atoms with Gasteiger partial charge in [-0.15, -0.1) is 0 Å². The Kier molecular flexibility index (Phi) is 3.68. The molecule has 3 rings (SSSR count). The summed E-state index contributed by atoms with van der Waals surface area (Å²) >= 11 is 0. The van der Waals surface area contributed by atoms with E-state index in [4.69, 9.17) is 4.74 Å². The van der Waals surface area contributed by atoms with Gasteiger partial charge in [-0.1, -0.05) is 12.1 Å². The van der Waals surface area contributed by atoms with Crippen LogP contribution in [0.3, 0.4) is 0 Å². The zero-order chi connectivity index (χ0) is 14.7. The number of carbonyl (C=O) groups excluding carboxylic acids is 1. The largest absolute Gasteiger partial charge is 0.465 e. The van der Waals surface area contributed by atoms with Gasteiger partial charge in [-0.25, -0.2) is 14.8 Å². The minimum Gasteiger partial charge on any atom is -0.465 e. The number of hydrogen-bond acceptors (Lipinski definition) is 6. The molecule has 2 aromatic rings. The number of anilines is 3. The molecule has 0 amide bonds. The smallest absolute Gasteiger partial charge is 0.339 e. The topological polar surface area (TPSA) is 76.1 Å². The summed E-state index contributed by atoms with van der Waals surface area (Å²) in [6.07, 6.45) is 3.85. The highest BCUT2D eigenvalue weighted by Crippen LogP contribution is 2.25. The number of para-hydroxylation sites is 1. The number of methoxy groups -OCH3 is 1. The van der Waals surface area contributed by atoms with Gasteiger partial charge in [0, 0.05) is 12.1 Å². The van der Waals surface area contributed by atoms with E-state index in [0.29, 0.717) is 23.1 Å². The second-order valence-corrected chi connectivity index (χ2v) is 4.87. The third kappa shape index (κ3) is 3.28. The van der Waals surface area contributed by atoms with Crippen molar-refractivity contribution in [2.45, 2.75) is 18.9 Å². The van der Waals surface area contributed by atoms with Gasteiger partial charge in [0.05, 0.1) is 18.4 Å². The summed E-state index contributed by atoms with van der Waals surface area (Å²) in [6.45, 7) is 0. The first-order valence-corrected chi connectivity index (χ1v) is 6.79. The molecule has 1 aliphatic rings. The summed E-state index contributed by atoms with van der Waals surface area (Å²) in [6, 6.07) is 9.50. The number of hydrogen-bond donors (Lipinski definition) is 2. The van der Waals surface area contributed by atoms with E-state index < -0.39 is 0 Å². The number of rotatable bonds is 5. The number of benzene rings is 1. The fourth-order valence-corrected chi connectivity index (χ4v) is 1.96. The van der Waals surface area contributed by atoms with Gasteiger partial charge in [0.2, 0.25) is 0 Å². The molecular weight excluding hydrogens is 268 g/mol. The van der Waals surface area contributed by atoms with Crippen LogP contribution in [0.1, 0.15) is 23.2 Å². The number of esters is 1. The predicted molar refractivity (Wildman–Crippen MR) is 79.7 cm³/mol. The zero-order valence-electron chi connectivity index (χ0n) is 11.7. The van der Waals surface area contributed by atoms with E-state index in [1.54, 1.807) is 12.1 Å². The van der Waals surface area contributed by atoms with Crippen molar-refractivity contribution in [1.29, 1.82) is 0 Å². The summed E-state index contributed by atoms with van der Waals surface area (Å²) in [7, 11) is 1.36. The van der Waals surface area contributed by atoms with Crippen LogP contribution in [0, 0.1) is 0 Å². The van der Waals surface area contributed by atoms with Gasteiger partial charge in [-0.2, -0.15) is 0 Å². The second kappa shape index (κ2) is 5.78. The number of ether oxygens (including phenoxy) is 1. The molecule has 1 aromatic heterocycles. The van der Waals surface area contributed by atoms with Gasteiger partial charge >= 0.3 is 5.97 Å². The number of nitrogens with one attached hydrogen (secondary N) is 2. The summed E-state index contributed by atoms with van der Waals surface area (Å²) in [4.78, 5) is 20.1. The molecule has 0 unspecified atom stereocenters. The molecule has 0 bridgehead atoms. The summed E-state index contributed by atoms with van der Waals surface area (Å²) in [5.74, 6) is 1.03. The average Bonchev–Trinajstić information content (AvgIpc) is 3.31. The predicted octanol–water partition coefficient (Wildman–Crippen LogP) is 2.58. The zero-order valence-corrected chi connectivity index (χ0v) is 11.7. The molecule has 1 fully saturated rings. The Morgan fingerprint density at radius 2 is 2.00 bits per heavy atom. The van der Waals surface area contributed by atoms with Crippen LogP contribution < -0.4 is 10.6 Å². The van der Waals surface area contributed by atoms with Crippen molar-refractivity contribution >= 4 is 23.3 Å². The summed E-state index contributed by atoms with van der Waals surface area (Å²) in [5.41, 5.74) is 1.12. The average molecular weight is 284 g/mol. The maximum Gasteiger partial charge on any atom is 0.339 e. The van der Waals surface area contributed by atoms with Crippen LogP contribution in [0.4, 0.5) is 17.3 Å². The Morgan fingerprint density at radius 3 is 2.76 bits per heavy atom. The van der Waals surface area contributed by atoms with Gasteiger partial charge in [0.1, 0.15) is 18.0 Å². The van der Waals surface area contributed by atoms with E-state index in [1.807, 2.05) is 18.2 Å². The molecule has 108 valence electrons. The molecule has 1 saturated carbocycles. The summed E-state index contributed by atoms with van der Waals surface area (Å²) in [5, 5.41) is 6.44. The molecule has 1 aliphatic carbocycles. The molecule has 6 heteroatoms. The lowest BCUT2D eigenvalue weighted by molar-refractivity contribution is 0.0602. The van der Waals surface area contributed by atoms with Crippen LogP contribution in [-0.2, 0) is 4.74 Å². The molecule has 1 aromatic carbocycles. The Labute approximate surface area is 122 Å². The number of carbonyl (C=O) groups is 1. The highest BCUT2D eigenvalue weighted by Gasteiger charge is 2.21. The third-order valence-corrected chi connectivity index (χ3v) is 3.19. The fraction of sp³-hybridized carbons (Fsp3) is 0.267. The first-order chi connectivity index (χ1) is 10.3. The molecular formula is C15H16N4O2. The molecule has 2 N–H and O–H groups in total. The maximum absolute atomic E-state index is 11.7. The van der Waals surface area contributed by atoms with Crippen LogP contribution in [-0.4, -0.2) is 29.1 Å². The number of nitrogens with zero attached hydrogens (tertiary/aromatic N) is 2. The van der Waals surface area contributed by atoms with E-state index in [1.165, 1.54) is 26.3 Å². The van der Waals surface area contributed by atoms with Crippen LogP contribution in [0.2, 0.25) is 0 Å². The molecule has 0 saturated heterocycles. The molecule has 0 radical (unpaired) electrons. The fourth-order valence-electron chi connectivity index (χ4n) is 1.96. The van der Waals surface area contributed by atoms with Gasteiger partial charge < -0.3 is 15.4 Å². The van der Waals surface area contributed by atoms with Crippen LogP contribution >= 0.6 is 0 Å². The van der Waals surface area contributed by atoms with E-state index in [-0.39, 0.29) is 5.97 Å². The van der Waals surface area contributed by atoms with Crippen molar-refractivity contribution < 1.29 is 9.53 Å². The van der Waals surface area contributed by atoms with E-state index in [9.17, 15) is 4.79 Å². The normalized spacial score (nSPS) is 13.6. The first-order valence-electron chi connectivity index (χ1n) is 6.79. The van der Waals surface area contributed by atoms with Gasteiger partial charge in [-0.3, -0.25) is 0 Å². The third-order valence-electron chi connectivity index (χ3n) is 3.19. The van der Waals surface area contributed by atoms with Crippen LogP contribution in [0.15, 0.2) is 36.7 Å². The quantitative estimate of drug-likeness (QED) is 0.822. The minimum atomic E-state index is -0.386. The molecule has 1 heterocycles. The standard InChI is InChI=1S/C15H16N4O2/c1-21-15(20)11-4-2-3-5-12(11)19-14-8-13(16-9-17-14)18-10-6-7-10/h2-5,8-10H,6-7H2,1H3,(H2,16,17,18,19). The number of aromatic nitrogens is 2. The van der Waals surface area contributed by atoms with Crippen molar-refractivity contribution in [1.82, 2.24) is 9.97 Å². The Balaban J connectivity index is 1.81. The van der Waals surface area contributed by atoms with E-state index in [0.717, 1.165) is 5.82 Å². The van der Waals surface area contributed by atoms with Crippen molar-refractivity contribution in [3.8, 4) is 0 Å². The molecule has 0 aliphatic heterocycles. The van der Waals surface area contributed by atoms with Crippen molar-refractivity contribution in [3.63, 3.8) is 0 Å². The Morgan fingerprint density at radius 1 is 1.24 bits per heavy atom. The lowest BCUT2D eigenvalue weighted by Crippen LogP contribution is -2.07. The second-order valence-electron chi connectivity index (χ2n) is 4.87. The maximum atomic E-state index is 11.7. The summed E-state index contributed by atoms with van der Waals surface area (Å²) < 4.78 is 4.78. The van der Waals surface area contributed by atoms with Gasteiger partial charge in [0.25, 0.3) is 0 Å². The van der Waals surface area contributed by atoms with Crippen LogP contribution in [0.5, 0.6) is 0 Å². The first kappa shape index (κ1) is 13.4. The highest BCUT2D eigenvalue weighted by molar-refractivity contribution is 5.96. The van der Waals surface area contributed by atoms with E-state index >= 15 is 0 Å². The minimum absolute atomic E-state index is 0.386. The van der Waals surface area contributed by atoms with Crippen molar-refractivity contribution in [2.75, 3.05) is 17.7 Å². The van der Waals surface area contributed by atoms with Crippen molar-refractivity contribution in [2.24, 2.45) is 0 Å². The monoisotopic (exact) mass is 284 g/mol. The van der Waals surface area contributed by atoms with Crippen molar-refractivity contribution in [3.05, 3.63) is 42.2 Å². The lowest BCUT2D eigenvalue weighted by Gasteiger charge is -2.11. The highest BCUT2D eigenvalue weighted by atomic mass is 16.5. The molecule has 0 spiro atoms.